The van der Waals surface area contributed by atoms with Gasteiger partial charge in [-0.1, -0.05) is 0 Å². The first-order valence-electron chi connectivity index (χ1n) is 8.72. The normalized spacial score (nSPS) is 17.1. The molecular weight excluding hydrogens is 378 g/mol. The number of nitrogens with zero attached hydrogens (tertiary/aromatic N) is 5. The van der Waals surface area contributed by atoms with Gasteiger partial charge in [-0.2, -0.15) is 19.6 Å². The third-order valence-electron chi connectivity index (χ3n) is 4.10. The Balaban J connectivity index is 2.05. The second-order valence-electron chi connectivity index (χ2n) is 6.84. The molecule has 1 aromatic carbocycles. The van der Waals surface area contributed by atoms with Gasteiger partial charge in [0.1, 0.15) is 5.82 Å². The van der Waals surface area contributed by atoms with Crippen LogP contribution in [0.5, 0.6) is 0 Å². The lowest BCUT2D eigenvalue weighted by atomic mass is 10.2. The Kier molecular flexibility index (Phi) is 5.67. The van der Waals surface area contributed by atoms with E-state index in [9.17, 15) is 4.21 Å². The van der Waals surface area contributed by atoms with Gasteiger partial charge in [-0.05, 0) is 25.1 Å². The summed E-state index contributed by atoms with van der Waals surface area (Å²) in [6, 6.07) is 8.83. The number of aromatic nitrogens is 2. The van der Waals surface area contributed by atoms with Crippen LogP contribution in [0.15, 0.2) is 28.6 Å². The molecule has 9 nitrogen and oxygen atoms in total. The van der Waals surface area contributed by atoms with E-state index in [2.05, 4.69) is 30.6 Å². The molecule has 0 spiro atoms. The van der Waals surface area contributed by atoms with E-state index in [4.69, 9.17) is 15.7 Å². The highest BCUT2D eigenvalue weighted by atomic mass is 32.2. The average Bonchev–Trinajstić information content (AvgIpc) is 2.62. The van der Waals surface area contributed by atoms with E-state index in [1.165, 1.54) is 0 Å². The van der Waals surface area contributed by atoms with Crippen molar-refractivity contribution in [2.45, 2.75) is 13.0 Å². The van der Waals surface area contributed by atoms with Gasteiger partial charge in [0.2, 0.25) is 5.95 Å². The van der Waals surface area contributed by atoms with Crippen LogP contribution in [0.3, 0.4) is 0 Å². The molecule has 0 saturated carbocycles. The largest absolute Gasteiger partial charge is 0.397 e. The van der Waals surface area contributed by atoms with Gasteiger partial charge in [0, 0.05) is 34.9 Å². The van der Waals surface area contributed by atoms with Crippen molar-refractivity contribution in [3.63, 3.8) is 0 Å². The molecule has 1 aromatic heterocycles. The summed E-state index contributed by atoms with van der Waals surface area (Å²) in [6.07, 6.45) is 3.10. The summed E-state index contributed by atoms with van der Waals surface area (Å²) < 4.78 is 21.9. The van der Waals surface area contributed by atoms with E-state index in [-0.39, 0.29) is 12.0 Å². The molecule has 148 valence electrons. The number of nitrogens with two attached hydrogens (primary N) is 1. The minimum atomic E-state index is -2.40. The second kappa shape index (κ2) is 8.00. The van der Waals surface area contributed by atoms with Crippen molar-refractivity contribution in [1.29, 1.82) is 5.26 Å². The molecule has 1 fully saturated rings. The van der Waals surface area contributed by atoms with Gasteiger partial charge in [-0.25, -0.2) is 4.21 Å². The van der Waals surface area contributed by atoms with E-state index >= 15 is 0 Å². The van der Waals surface area contributed by atoms with E-state index in [0.29, 0.717) is 48.3 Å². The Labute approximate surface area is 164 Å². The van der Waals surface area contributed by atoms with Gasteiger partial charge in [0.05, 0.1) is 42.3 Å². The van der Waals surface area contributed by atoms with Crippen LogP contribution in [-0.2, 0) is 14.5 Å². The zero-order valence-corrected chi connectivity index (χ0v) is 16.9. The maximum Gasteiger partial charge on any atom is 0.231 e. The lowest BCUT2D eigenvalue weighted by Gasteiger charge is -2.34. The van der Waals surface area contributed by atoms with E-state index < -0.39 is 9.73 Å². The van der Waals surface area contributed by atoms with Gasteiger partial charge in [-0.3, -0.25) is 0 Å². The monoisotopic (exact) mass is 401 g/mol. The molecule has 1 atom stereocenters. The summed E-state index contributed by atoms with van der Waals surface area (Å²) in [5.41, 5.74) is 7.45. The number of morpholine rings is 1. The first kappa shape index (κ1) is 19.9. The van der Waals surface area contributed by atoms with Crippen LogP contribution in [-0.4, -0.2) is 52.5 Å². The molecule has 0 bridgehead atoms. The smallest absolute Gasteiger partial charge is 0.231 e. The molecule has 1 saturated heterocycles. The third-order valence-corrected chi connectivity index (χ3v) is 4.73. The maximum atomic E-state index is 12.2. The van der Waals surface area contributed by atoms with Crippen LogP contribution < -0.4 is 16.0 Å². The fourth-order valence-corrected chi connectivity index (χ4v) is 3.36. The highest BCUT2D eigenvalue weighted by molar-refractivity contribution is 7.92. The number of benzene rings is 1. The van der Waals surface area contributed by atoms with Gasteiger partial charge in [0.25, 0.3) is 0 Å². The molecule has 1 aliphatic rings. The van der Waals surface area contributed by atoms with Crippen molar-refractivity contribution >= 4 is 38.7 Å². The lowest BCUT2D eigenvalue weighted by Crippen LogP contribution is -2.44. The molecule has 0 aliphatic carbocycles. The summed E-state index contributed by atoms with van der Waals surface area (Å²) in [6.45, 7) is 3.91. The van der Waals surface area contributed by atoms with Crippen molar-refractivity contribution in [3.8, 4) is 6.07 Å². The van der Waals surface area contributed by atoms with Crippen molar-refractivity contribution in [1.82, 2.24) is 9.97 Å². The Morgan fingerprint density at radius 3 is 2.86 bits per heavy atom. The predicted octanol–water partition coefficient (Wildman–Crippen LogP) is 2.26. The van der Waals surface area contributed by atoms with Crippen molar-refractivity contribution in [2.24, 2.45) is 4.36 Å². The summed E-state index contributed by atoms with van der Waals surface area (Å²) in [5, 5.41) is 12.2. The van der Waals surface area contributed by atoms with E-state index in [1.54, 1.807) is 36.8 Å². The Hall–Kier alpha value is -2.90. The summed E-state index contributed by atoms with van der Waals surface area (Å²) in [5.74, 6) is 1.24. The molecular formula is C18H23N7O2S. The molecule has 2 aromatic rings. The molecule has 28 heavy (non-hydrogen) atoms. The molecule has 3 N–H and O–H groups in total. The molecule has 0 unspecified atom stereocenters. The lowest BCUT2D eigenvalue weighted by molar-refractivity contribution is 0.0985. The summed E-state index contributed by atoms with van der Waals surface area (Å²) >= 11 is 0. The SMILES string of the molecule is C[C@@H]1COCCN1c1cc(N=S(C)(C)=O)nc(Nc2cc(C#N)ccc2N)n1. The van der Waals surface area contributed by atoms with Crippen LogP contribution in [0.25, 0.3) is 0 Å². The minimum absolute atomic E-state index is 0.129. The Bertz CT molecular complexity index is 1030. The molecule has 2 heterocycles. The predicted molar refractivity (Wildman–Crippen MR) is 111 cm³/mol. The highest BCUT2D eigenvalue weighted by Gasteiger charge is 2.22. The Morgan fingerprint density at radius 1 is 1.39 bits per heavy atom. The van der Waals surface area contributed by atoms with Crippen molar-refractivity contribution in [2.75, 3.05) is 48.2 Å². The first-order valence-corrected chi connectivity index (χ1v) is 11.1. The van der Waals surface area contributed by atoms with E-state index in [1.807, 2.05) is 6.92 Å². The fourth-order valence-electron chi connectivity index (χ4n) is 2.82. The summed E-state index contributed by atoms with van der Waals surface area (Å²) in [7, 11) is -2.40. The molecule has 10 heteroatoms. The van der Waals surface area contributed by atoms with Crippen LogP contribution in [0.4, 0.5) is 29.0 Å². The number of ether oxygens (including phenoxy) is 1. The molecule has 1 aliphatic heterocycles. The second-order valence-corrected chi connectivity index (χ2v) is 9.38. The number of hydrogen-bond acceptors (Lipinski definition) is 9. The van der Waals surface area contributed by atoms with Crippen LogP contribution in [0.2, 0.25) is 0 Å². The topological polar surface area (TPSA) is 130 Å². The summed E-state index contributed by atoms with van der Waals surface area (Å²) in [4.78, 5) is 11.0. The van der Waals surface area contributed by atoms with Crippen LogP contribution in [0.1, 0.15) is 12.5 Å². The quantitative estimate of drug-likeness (QED) is 0.746. The maximum absolute atomic E-state index is 12.2. The Morgan fingerprint density at radius 2 is 2.18 bits per heavy atom. The van der Waals surface area contributed by atoms with Gasteiger partial charge >= 0.3 is 0 Å². The standard InChI is InChI=1S/C18H23N7O2S/c1-12-11-27-7-6-25(12)17-9-16(24-28(2,3)26)22-18(23-17)21-15-8-13(10-19)4-5-14(15)20/h4-5,8-9,12H,6-7,11,20H2,1-3H3,(H,21,22,23)/t12-/m1/s1. The van der Waals surface area contributed by atoms with Gasteiger partial charge < -0.3 is 20.7 Å². The van der Waals surface area contributed by atoms with Crippen molar-refractivity contribution < 1.29 is 8.95 Å². The zero-order valence-electron chi connectivity index (χ0n) is 16.0. The molecule has 3 rings (SSSR count). The third kappa shape index (κ3) is 4.88. The number of nitriles is 1. The van der Waals surface area contributed by atoms with E-state index in [0.717, 1.165) is 0 Å². The average molecular weight is 401 g/mol. The zero-order chi connectivity index (χ0) is 20.3. The van der Waals surface area contributed by atoms with Gasteiger partial charge in [-0.15, -0.1) is 0 Å². The van der Waals surface area contributed by atoms with Crippen LogP contribution >= 0.6 is 0 Å². The highest BCUT2D eigenvalue weighted by Crippen LogP contribution is 2.28. The van der Waals surface area contributed by atoms with Crippen molar-refractivity contribution in [3.05, 3.63) is 29.8 Å². The number of hydrogen-bond donors (Lipinski definition) is 2. The number of nitrogens with one attached hydrogen (secondary N) is 1. The number of anilines is 4. The fraction of sp³-hybridized carbons (Fsp3) is 0.389. The minimum Gasteiger partial charge on any atom is -0.397 e. The van der Waals surface area contributed by atoms with Crippen LogP contribution in [0, 0.1) is 11.3 Å². The number of nitrogen functional groups attached to an aromatic ring is 1. The van der Waals surface area contributed by atoms with Gasteiger partial charge in [0.15, 0.2) is 5.82 Å². The first-order chi connectivity index (χ1) is 13.2. The molecule has 0 radical (unpaired) electrons. The molecule has 0 amide bonds. The number of rotatable bonds is 4.